The maximum atomic E-state index is 13.3. The monoisotopic (exact) mass is 582 g/mol. The van der Waals surface area contributed by atoms with Crippen LogP contribution in [0.2, 0.25) is 0 Å². The molecule has 1 aromatic heterocycles. The number of ether oxygens (including phenoxy) is 2. The molecule has 11 heteroatoms. The van der Waals surface area contributed by atoms with Gasteiger partial charge in [-0.15, -0.1) is 0 Å². The number of benzene rings is 3. The van der Waals surface area contributed by atoms with Crippen LogP contribution in [-0.2, 0) is 6.61 Å². The molecule has 196 valence electrons. The first-order valence-electron chi connectivity index (χ1n) is 11.7. The Labute approximate surface area is 225 Å². The number of fused-ring (bicyclic) bond motifs is 1. The third-order valence-corrected chi connectivity index (χ3v) is 6.47. The minimum Gasteiger partial charge on any atom is -0.493 e. The summed E-state index contributed by atoms with van der Waals surface area (Å²) in [6.07, 6.45) is 2.07. The van der Waals surface area contributed by atoms with Gasteiger partial charge in [0.15, 0.2) is 5.75 Å². The fourth-order valence-corrected chi connectivity index (χ4v) is 4.12. The molecular weight excluding hydrogens is 559 g/mol. The van der Waals surface area contributed by atoms with Crippen LogP contribution in [0.4, 0.5) is 10.1 Å². The molecule has 0 aliphatic heterocycles. The predicted octanol–water partition coefficient (Wildman–Crippen LogP) is 6.19. The Morgan fingerprint density at radius 3 is 2.61 bits per heavy atom. The molecule has 1 atom stereocenters. The maximum absolute atomic E-state index is 13.3. The molecule has 0 bridgehead atoms. The van der Waals surface area contributed by atoms with E-state index in [-0.39, 0.29) is 35.3 Å². The van der Waals surface area contributed by atoms with Crippen LogP contribution in [0.25, 0.3) is 10.9 Å². The standard InChI is InChI=1S/C27H24BrFN4O5/c1-4-16(2)26-31-22-10-7-19(28)13-21(22)27(34)32(26)30-14-18-11-23(33(35)36)25(24(12-18)37-3)38-15-17-5-8-20(29)9-6-17/h5-14,16H,4,15H2,1-3H3/t16-/m0/s1. The molecule has 0 radical (unpaired) electrons. The van der Waals surface area contributed by atoms with Crippen LogP contribution in [0.1, 0.15) is 43.1 Å². The summed E-state index contributed by atoms with van der Waals surface area (Å²) in [6.45, 7) is 3.89. The molecule has 0 fully saturated rings. The molecule has 9 nitrogen and oxygen atoms in total. The molecule has 0 saturated heterocycles. The second kappa shape index (κ2) is 11.5. The minimum atomic E-state index is -0.592. The smallest absolute Gasteiger partial charge is 0.315 e. The van der Waals surface area contributed by atoms with Crippen molar-refractivity contribution in [1.29, 1.82) is 0 Å². The van der Waals surface area contributed by atoms with E-state index in [1.807, 2.05) is 19.9 Å². The summed E-state index contributed by atoms with van der Waals surface area (Å²) >= 11 is 3.38. The molecule has 0 aliphatic carbocycles. The van der Waals surface area contributed by atoms with E-state index in [2.05, 4.69) is 26.0 Å². The van der Waals surface area contributed by atoms with Crippen molar-refractivity contribution < 1.29 is 18.8 Å². The Hall–Kier alpha value is -4.12. The van der Waals surface area contributed by atoms with E-state index < -0.39 is 10.7 Å². The highest BCUT2D eigenvalue weighted by molar-refractivity contribution is 9.10. The summed E-state index contributed by atoms with van der Waals surface area (Å²) in [7, 11) is 1.36. The van der Waals surface area contributed by atoms with Gasteiger partial charge in [0.2, 0.25) is 5.75 Å². The Morgan fingerprint density at radius 2 is 1.95 bits per heavy atom. The fraction of sp³-hybridized carbons (Fsp3) is 0.222. The molecule has 0 amide bonds. The van der Waals surface area contributed by atoms with Gasteiger partial charge in [-0.25, -0.2) is 9.37 Å². The van der Waals surface area contributed by atoms with Crippen LogP contribution in [0.15, 0.2) is 69.0 Å². The van der Waals surface area contributed by atoms with Crippen LogP contribution >= 0.6 is 15.9 Å². The van der Waals surface area contributed by atoms with Crippen molar-refractivity contribution in [2.24, 2.45) is 5.10 Å². The average molecular weight is 583 g/mol. The molecule has 0 aliphatic rings. The first-order valence-corrected chi connectivity index (χ1v) is 12.5. The summed E-state index contributed by atoms with van der Waals surface area (Å²) in [5.41, 5.74) is 0.797. The topological polar surface area (TPSA) is 109 Å². The molecule has 0 N–H and O–H groups in total. The number of rotatable bonds is 9. The first-order chi connectivity index (χ1) is 18.2. The fourth-order valence-electron chi connectivity index (χ4n) is 3.75. The molecule has 0 saturated carbocycles. The third-order valence-electron chi connectivity index (χ3n) is 5.98. The molecule has 0 unspecified atom stereocenters. The summed E-state index contributed by atoms with van der Waals surface area (Å²) in [5, 5.41) is 16.7. The number of halogens is 2. The van der Waals surface area contributed by atoms with Gasteiger partial charge >= 0.3 is 5.69 Å². The highest BCUT2D eigenvalue weighted by Gasteiger charge is 2.23. The zero-order valence-corrected chi connectivity index (χ0v) is 22.4. The van der Waals surface area contributed by atoms with Crippen molar-refractivity contribution in [3.63, 3.8) is 0 Å². The average Bonchev–Trinajstić information content (AvgIpc) is 2.91. The molecular formula is C27H24BrFN4O5. The minimum absolute atomic E-state index is 0.0309. The van der Waals surface area contributed by atoms with Gasteiger partial charge in [0.05, 0.1) is 29.2 Å². The van der Waals surface area contributed by atoms with E-state index in [0.717, 1.165) is 10.9 Å². The largest absolute Gasteiger partial charge is 0.493 e. The lowest BCUT2D eigenvalue weighted by Gasteiger charge is -2.14. The summed E-state index contributed by atoms with van der Waals surface area (Å²) < 4.78 is 26.2. The molecule has 0 spiro atoms. The van der Waals surface area contributed by atoms with E-state index in [0.29, 0.717) is 27.9 Å². The van der Waals surface area contributed by atoms with E-state index >= 15 is 0 Å². The number of nitro benzene ring substituents is 1. The van der Waals surface area contributed by atoms with Crippen molar-refractivity contribution in [1.82, 2.24) is 9.66 Å². The van der Waals surface area contributed by atoms with Gasteiger partial charge < -0.3 is 9.47 Å². The van der Waals surface area contributed by atoms with Crippen molar-refractivity contribution in [2.45, 2.75) is 32.8 Å². The quantitative estimate of drug-likeness (QED) is 0.132. The SMILES string of the molecule is CC[C@H](C)c1nc2ccc(Br)cc2c(=O)n1N=Cc1cc(OC)c(OCc2ccc(F)cc2)c([N+](=O)[O-])c1. The van der Waals surface area contributed by atoms with E-state index in [1.165, 1.54) is 54.4 Å². The lowest BCUT2D eigenvalue weighted by atomic mass is 10.1. The van der Waals surface area contributed by atoms with Gasteiger partial charge in [0.1, 0.15) is 18.2 Å². The normalized spacial score (nSPS) is 12.1. The summed E-state index contributed by atoms with van der Waals surface area (Å²) in [6, 6.07) is 13.7. The number of nitrogens with zero attached hydrogens (tertiary/aromatic N) is 4. The summed E-state index contributed by atoms with van der Waals surface area (Å²) in [4.78, 5) is 29.3. The number of hydrogen-bond donors (Lipinski definition) is 0. The number of aromatic nitrogens is 2. The maximum Gasteiger partial charge on any atom is 0.315 e. The van der Waals surface area contributed by atoms with Crippen molar-refractivity contribution in [3.05, 3.63) is 102 Å². The van der Waals surface area contributed by atoms with Crippen LogP contribution in [0, 0.1) is 15.9 Å². The second-order valence-electron chi connectivity index (χ2n) is 8.55. The predicted molar refractivity (Wildman–Crippen MR) is 146 cm³/mol. The Morgan fingerprint density at radius 1 is 1.21 bits per heavy atom. The van der Waals surface area contributed by atoms with Crippen molar-refractivity contribution in [3.8, 4) is 11.5 Å². The second-order valence-corrected chi connectivity index (χ2v) is 9.46. The van der Waals surface area contributed by atoms with E-state index in [9.17, 15) is 19.3 Å². The van der Waals surface area contributed by atoms with Crippen molar-refractivity contribution >= 4 is 38.7 Å². The molecule has 4 rings (SSSR count). The zero-order valence-electron chi connectivity index (χ0n) is 20.9. The van der Waals surface area contributed by atoms with Crippen LogP contribution in [-0.4, -0.2) is 27.9 Å². The molecule has 3 aromatic carbocycles. The lowest BCUT2D eigenvalue weighted by Crippen LogP contribution is -2.23. The number of hydrogen-bond acceptors (Lipinski definition) is 7. The number of nitro groups is 1. The molecule has 1 heterocycles. The number of methoxy groups -OCH3 is 1. The van der Waals surface area contributed by atoms with Crippen molar-refractivity contribution in [2.75, 3.05) is 7.11 Å². The van der Waals surface area contributed by atoms with Gasteiger partial charge in [-0.05, 0) is 48.4 Å². The first kappa shape index (κ1) is 26.9. The Bertz CT molecular complexity index is 1590. The van der Waals surface area contributed by atoms with E-state index in [1.54, 1.807) is 12.1 Å². The highest BCUT2D eigenvalue weighted by Crippen LogP contribution is 2.38. The van der Waals surface area contributed by atoms with Crippen LogP contribution in [0.5, 0.6) is 11.5 Å². The van der Waals surface area contributed by atoms with Crippen LogP contribution < -0.4 is 15.0 Å². The van der Waals surface area contributed by atoms with E-state index in [4.69, 9.17) is 9.47 Å². The Balaban J connectivity index is 1.76. The van der Waals surface area contributed by atoms with Gasteiger partial charge in [-0.1, -0.05) is 41.9 Å². The Kier molecular flexibility index (Phi) is 8.16. The van der Waals surface area contributed by atoms with Crippen LogP contribution in [0.3, 0.4) is 0 Å². The van der Waals surface area contributed by atoms with Gasteiger partial charge in [-0.2, -0.15) is 9.78 Å². The lowest BCUT2D eigenvalue weighted by molar-refractivity contribution is -0.386. The van der Waals surface area contributed by atoms with Gasteiger partial charge in [0.25, 0.3) is 5.56 Å². The summed E-state index contributed by atoms with van der Waals surface area (Å²) in [5.74, 6) is 0.0422. The van der Waals surface area contributed by atoms with Gasteiger partial charge in [0, 0.05) is 22.0 Å². The highest BCUT2D eigenvalue weighted by atomic mass is 79.9. The molecule has 38 heavy (non-hydrogen) atoms. The molecule has 4 aromatic rings. The van der Waals surface area contributed by atoms with Gasteiger partial charge in [-0.3, -0.25) is 14.9 Å². The third kappa shape index (κ3) is 5.72. The zero-order chi connectivity index (χ0) is 27.4.